The van der Waals surface area contributed by atoms with Gasteiger partial charge in [-0.2, -0.15) is 5.10 Å². The molecular weight excluding hydrogens is 278 g/mol. The topological polar surface area (TPSA) is 62.2 Å². The van der Waals surface area contributed by atoms with Crippen molar-refractivity contribution in [2.24, 2.45) is 0 Å². The van der Waals surface area contributed by atoms with E-state index in [-0.39, 0.29) is 5.91 Å². The number of carbonyl (C=O) groups is 1. The first kappa shape index (κ1) is 15.5. The van der Waals surface area contributed by atoms with Crippen LogP contribution in [0.15, 0.2) is 18.5 Å². The molecule has 1 aliphatic heterocycles. The van der Waals surface area contributed by atoms with Gasteiger partial charge in [-0.25, -0.2) is 0 Å². The average Bonchev–Trinajstić information content (AvgIpc) is 3.25. The third-order valence-corrected chi connectivity index (χ3v) is 5.17. The van der Waals surface area contributed by atoms with Gasteiger partial charge >= 0.3 is 0 Å². The van der Waals surface area contributed by atoms with Crippen LogP contribution in [0.3, 0.4) is 0 Å². The van der Waals surface area contributed by atoms with Crippen LogP contribution in [0, 0.1) is 0 Å². The fraction of sp³-hybridized carbons (Fsp3) is 0.750. The molecule has 2 aliphatic rings. The fourth-order valence-corrected chi connectivity index (χ4v) is 3.31. The number of piperidine rings is 1. The summed E-state index contributed by atoms with van der Waals surface area (Å²) in [5.74, 6) is 0.105. The first-order chi connectivity index (χ1) is 10.6. The zero-order chi connectivity index (χ0) is 15.6. The summed E-state index contributed by atoms with van der Waals surface area (Å²) in [5.41, 5.74) is -0.535. The third kappa shape index (κ3) is 3.03. The predicted molar refractivity (Wildman–Crippen MR) is 85.6 cm³/mol. The summed E-state index contributed by atoms with van der Waals surface area (Å²) in [6.45, 7) is 4.58. The van der Waals surface area contributed by atoms with Crippen LogP contribution < -0.4 is 10.6 Å². The highest BCUT2D eigenvalue weighted by atomic mass is 16.2. The lowest BCUT2D eigenvalue weighted by molar-refractivity contribution is -0.132. The summed E-state index contributed by atoms with van der Waals surface area (Å²) in [7, 11) is 2.16. The highest BCUT2D eigenvalue weighted by molar-refractivity contribution is 5.84. The van der Waals surface area contributed by atoms with E-state index in [1.165, 1.54) is 12.8 Å². The van der Waals surface area contributed by atoms with Crippen molar-refractivity contribution in [1.82, 2.24) is 25.3 Å². The SMILES string of the molecule is CC(CNC(=O)C1(n2cccn2)CCNCC1)N(C)C1CC1. The highest BCUT2D eigenvalue weighted by Gasteiger charge is 2.42. The molecule has 122 valence electrons. The van der Waals surface area contributed by atoms with Crippen LogP contribution in [0.2, 0.25) is 0 Å². The van der Waals surface area contributed by atoms with Gasteiger partial charge in [-0.3, -0.25) is 14.4 Å². The number of hydrogen-bond donors (Lipinski definition) is 2. The predicted octanol–water partition coefficient (Wildman–Crippen LogP) is 0.561. The maximum absolute atomic E-state index is 12.9. The lowest BCUT2D eigenvalue weighted by Gasteiger charge is -2.37. The summed E-state index contributed by atoms with van der Waals surface area (Å²) >= 11 is 0. The molecule has 1 saturated carbocycles. The molecule has 1 amide bonds. The van der Waals surface area contributed by atoms with E-state index in [2.05, 4.69) is 34.6 Å². The summed E-state index contributed by atoms with van der Waals surface area (Å²) < 4.78 is 1.85. The molecule has 1 atom stereocenters. The number of hydrogen-bond acceptors (Lipinski definition) is 4. The van der Waals surface area contributed by atoms with E-state index in [1.807, 2.05) is 16.9 Å². The molecule has 22 heavy (non-hydrogen) atoms. The quantitative estimate of drug-likeness (QED) is 0.806. The van der Waals surface area contributed by atoms with Gasteiger partial charge < -0.3 is 10.6 Å². The lowest BCUT2D eigenvalue weighted by Crippen LogP contribution is -2.56. The average molecular weight is 305 g/mol. The van der Waals surface area contributed by atoms with Crippen molar-refractivity contribution in [2.45, 2.75) is 50.2 Å². The van der Waals surface area contributed by atoms with Gasteiger partial charge in [0.05, 0.1) is 0 Å². The number of carbonyl (C=O) groups excluding carboxylic acids is 1. The van der Waals surface area contributed by atoms with Gasteiger partial charge in [0, 0.05) is 31.0 Å². The Hall–Kier alpha value is -1.40. The molecule has 6 nitrogen and oxygen atoms in total. The number of amides is 1. The van der Waals surface area contributed by atoms with E-state index in [0.717, 1.165) is 25.9 Å². The van der Waals surface area contributed by atoms with Crippen molar-refractivity contribution >= 4 is 5.91 Å². The van der Waals surface area contributed by atoms with E-state index in [4.69, 9.17) is 0 Å². The molecule has 2 heterocycles. The van der Waals surface area contributed by atoms with E-state index in [0.29, 0.717) is 18.6 Å². The summed E-state index contributed by atoms with van der Waals surface area (Å²) in [5, 5.41) is 10.9. The number of likely N-dealkylation sites (N-methyl/N-ethyl adjacent to an activating group) is 1. The van der Waals surface area contributed by atoms with Crippen LogP contribution in [0.5, 0.6) is 0 Å². The number of rotatable bonds is 6. The molecular formula is C16H27N5O. The molecule has 1 unspecified atom stereocenters. The normalized spacial score (nSPS) is 22.5. The Balaban J connectivity index is 1.65. The van der Waals surface area contributed by atoms with E-state index in [1.54, 1.807) is 6.20 Å². The Morgan fingerprint density at radius 3 is 2.82 bits per heavy atom. The molecule has 1 aromatic heterocycles. The van der Waals surface area contributed by atoms with Gasteiger partial charge in [0.2, 0.25) is 5.91 Å². The summed E-state index contributed by atoms with van der Waals surface area (Å²) in [6, 6.07) is 2.97. The van der Waals surface area contributed by atoms with Crippen molar-refractivity contribution in [3.63, 3.8) is 0 Å². The molecule has 0 radical (unpaired) electrons. The molecule has 6 heteroatoms. The van der Waals surface area contributed by atoms with Crippen molar-refractivity contribution < 1.29 is 4.79 Å². The molecule has 2 fully saturated rings. The Labute approximate surface area is 132 Å². The lowest BCUT2D eigenvalue weighted by atomic mass is 9.87. The monoisotopic (exact) mass is 305 g/mol. The van der Waals surface area contributed by atoms with Gasteiger partial charge in [0.25, 0.3) is 0 Å². The van der Waals surface area contributed by atoms with Crippen molar-refractivity contribution in [2.75, 3.05) is 26.7 Å². The molecule has 3 rings (SSSR count). The molecule has 1 saturated heterocycles. The second kappa shape index (κ2) is 6.38. The van der Waals surface area contributed by atoms with Gasteiger partial charge in [0.1, 0.15) is 5.54 Å². The Morgan fingerprint density at radius 1 is 1.50 bits per heavy atom. The fourth-order valence-electron chi connectivity index (χ4n) is 3.31. The smallest absolute Gasteiger partial charge is 0.248 e. The number of nitrogens with zero attached hydrogens (tertiary/aromatic N) is 3. The zero-order valence-corrected chi connectivity index (χ0v) is 13.6. The van der Waals surface area contributed by atoms with Crippen molar-refractivity contribution in [1.29, 1.82) is 0 Å². The molecule has 0 bridgehead atoms. The molecule has 0 aromatic carbocycles. The van der Waals surface area contributed by atoms with E-state index in [9.17, 15) is 4.79 Å². The van der Waals surface area contributed by atoms with Crippen LogP contribution in [-0.2, 0) is 10.3 Å². The Kier molecular flexibility index (Phi) is 4.49. The van der Waals surface area contributed by atoms with Crippen LogP contribution in [-0.4, -0.2) is 59.4 Å². The van der Waals surface area contributed by atoms with Crippen LogP contribution in [0.25, 0.3) is 0 Å². The van der Waals surface area contributed by atoms with Gasteiger partial charge in [-0.05, 0) is 58.8 Å². The largest absolute Gasteiger partial charge is 0.352 e. The van der Waals surface area contributed by atoms with Gasteiger partial charge in [-0.15, -0.1) is 0 Å². The van der Waals surface area contributed by atoms with Gasteiger partial charge in [-0.1, -0.05) is 0 Å². The van der Waals surface area contributed by atoms with Crippen molar-refractivity contribution in [3.05, 3.63) is 18.5 Å². The highest BCUT2D eigenvalue weighted by Crippen LogP contribution is 2.28. The first-order valence-corrected chi connectivity index (χ1v) is 8.34. The van der Waals surface area contributed by atoms with E-state index >= 15 is 0 Å². The third-order valence-electron chi connectivity index (χ3n) is 5.17. The number of nitrogens with one attached hydrogen (secondary N) is 2. The summed E-state index contributed by atoms with van der Waals surface area (Å²) in [6.07, 6.45) is 7.81. The summed E-state index contributed by atoms with van der Waals surface area (Å²) in [4.78, 5) is 15.3. The molecule has 2 N–H and O–H groups in total. The molecule has 1 aliphatic carbocycles. The zero-order valence-electron chi connectivity index (χ0n) is 13.6. The Bertz CT molecular complexity index is 491. The molecule has 0 spiro atoms. The van der Waals surface area contributed by atoms with Crippen LogP contribution in [0.4, 0.5) is 0 Å². The van der Waals surface area contributed by atoms with Crippen LogP contribution in [0.1, 0.15) is 32.6 Å². The minimum absolute atomic E-state index is 0.105. The second-order valence-corrected chi connectivity index (χ2v) is 6.69. The van der Waals surface area contributed by atoms with Gasteiger partial charge in [0.15, 0.2) is 0 Å². The molecule has 1 aromatic rings. The van der Waals surface area contributed by atoms with E-state index < -0.39 is 5.54 Å². The minimum Gasteiger partial charge on any atom is -0.352 e. The first-order valence-electron chi connectivity index (χ1n) is 8.34. The van der Waals surface area contributed by atoms with Crippen molar-refractivity contribution in [3.8, 4) is 0 Å². The standard InChI is InChI=1S/C16H27N5O/c1-13(20(2)14-4-5-14)12-18-15(22)16(6-9-17-10-7-16)21-11-3-8-19-21/h3,8,11,13-14,17H,4-7,9-10,12H2,1-2H3,(H,18,22). The maximum Gasteiger partial charge on any atom is 0.248 e. The maximum atomic E-state index is 12.9. The second-order valence-electron chi connectivity index (χ2n) is 6.69. The minimum atomic E-state index is -0.535. The number of aromatic nitrogens is 2. The van der Waals surface area contributed by atoms with Crippen LogP contribution >= 0.6 is 0 Å². The Morgan fingerprint density at radius 2 is 2.23 bits per heavy atom.